The average molecular weight is 293 g/mol. The number of halogens is 1. The van der Waals surface area contributed by atoms with Crippen LogP contribution in [-0.4, -0.2) is 36.6 Å². The zero-order valence-electron chi connectivity index (χ0n) is 11.6. The molecule has 5 N–H and O–H groups in total. The molecule has 0 radical (unpaired) electrons. The van der Waals surface area contributed by atoms with Gasteiger partial charge in [0.25, 0.3) is 0 Å². The second-order valence-electron chi connectivity index (χ2n) is 4.85. The topological polar surface area (TPSA) is 96.2 Å². The molecule has 0 aliphatic carbocycles. The predicted molar refractivity (Wildman–Crippen MR) is 77.3 cm³/mol. The molecule has 3 amide bonds. The number of urea groups is 1. The van der Waals surface area contributed by atoms with Crippen molar-refractivity contribution in [3.8, 4) is 0 Å². The maximum atomic E-state index is 12.1. The van der Waals surface area contributed by atoms with Crippen LogP contribution in [0.1, 0.15) is 39.5 Å². The number of carbonyl (C=O) groups excluding carboxylic acids is 2. The van der Waals surface area contributed by atoms with E-state index in [9.17, 15) is 9.59 Å². The van der Waals surface area contributed by atoms with Gasteiger partial charge in [-0.05, 0) is 32.7 Å². The van der Waals surface area contributed by atoms with Gasteiger partial charge in [-0.2, -0.15) is 0 Å². The molecule has 1 aliphatic heterocycles. The molecule has 6 nitrogen and oxygen atoms in total. The Morgan fingerprint density at radius 1 is 1.47 bits per heavy atom. The van der Waals surface area contributed by atoms with E-state index in [4.69, 9.17) is 5.73 Å². The van der Waals surface area contributed by atoms with Crippen LogP contribution < -0.4 is 21.7 Å². The molecule has 112 valence electrons. The molecule has 2 unspecified atom stereocenters. The van der Waals surface area contributed by atoms with Crippen molar-refractivity contribution in [1.29, 1.82) is 0 Å². The molecule has 0 saturated carbocycles. The summed E-state index contributed by atoms with van der Waals surface area (Å²) in [6.45, 7) is 5.01. The van der Waals surface area contributed by atoms with Crippen LogP contribution >= 0.6 is 12.4 Å². The van der Waals surface area contributed by atoms with E-state index in [1.165, 1.54) is 0 Å². The quantitative estimate of drug-likeness (QED) is 0.594. The summed E-state index contributed by atoms with van der Waals surface area (Å²) in [6.07, 6.45) is 3.44. The van der Waals surface area contributed by atoms with Gasteiger partial charge in [0.15, 0.2) is 0 Å². The second kappa shape index (κ2) is 8.98. The van der Waals surface area contributed by atoms with Gasteiger partial charge in [0.2, 0.25) is 5.91 Å². The Hall–Kier alpha value is -1.01. The lowest BCUT2D eigenvalue weighted by Crippen LogP contribution is -2.56. The van der Waals surface area contributed by atoms with Gasteiger partial charge in [-0.15, -0.1) is 12.4 Å². The molecule has 19 heavy (non-hydrogen) atoms. The van der Waals surface area contributed by atoms with Crippen LogP contribution in [0.25, 0.3) is 0 Å². The second-order valence-corrected chi connectivity index (χ2v) is 4.85. The van der Waals surface area contributed by atoms with Crippen molar-refractivity contribution in [1.82, 2.24) is 16.0 Å². The Bertz CT molecular complexity index is 301. The molecule has 0 aromatic carbocycles. The summed E-state index contributed by atoms with van der Waals surface area (Å²) < 4.78 is 0. The van der Waals surface area contributed by atoms with Crippen molar-refractivity contribution < 1.29 is 9.59 Å². The fraction of sp³-hybridized carbons (Fsp3) is 0.833. The smallest absolute Gasteiger partial charge is 0.312 e. The highest BCUT2D eigenvalue weighted by molar-refractivity contribution is 5.86. The van der Waals surface area contributed by atoms with E-state index in [-0.39, 0.29) is 30.4 Å². The van der Waals surface area contributed by atoms with Crippen LogP contribution in [-0.2, 0) is 4.79 Å². The van der Waals surface area contributed by atoms with E-state index < -0.39 is 12.1 Å². The number of carbonyl (C=O) groups is 2. The Kier molecular flexibility index (Phi) is 8.51. The van der Waals surface area contributed by atoms with E-state index in [1.54, 1.807) is 0 Å². The van der Waals surface area contributed by atoms with Crippen LogP contribution in [0, 0.1) is 0 Å². The number of hydrogen-bond acceptors (Lipinski definition) is 3. The highest BCUT2D eigenvalue weighted by Gasteiger charge is 2.26. The largest absolute Gasteiger partial charge is 0.352 e. The Morgan fingerprint density at radius 3 is 2.68 bits per heavy atom. The number of piperidine rings is 1. The summed E-state index contributed by atoms with van der Waals surface area (Å²) in [5.74, 6) is -0.142. The summed E-state index contributed by atoms with van der Waals surface area (Å²) in [5.41, 5.74) is 5.08. The van der Waals surface area contributed by atoms with Crippen molar-refractivity contribution in [3.63, 3.8) is 0 Å². The van der Waals surface area contributed by atoms with Crippen LogP contribution in [0.5, 0.6) is 0 Å². The summed E-state index contributed by atoms with van der Waals surface area (Å²) in [7, 11) is 0. The van der Waals surface area contributed by atoms with Crippen molar-refractivity contribution >= 4 is 24.3 Å². The third-order valence-electron chi connectivity index (χ3n) is 3.30. The molecule has 7 heteroatoms. The van der Waals surface area contributed by atoms with Crippen molar-refractivity contribution in [2.24, 2.45) is 5.73 Å². The molecule has 1 aliphatic rings. The molecule has 1 fully saturated rings. The number of amides is 3. The minimum absolute atomic E-state index is 0. The van der Waals surface area contributed by atoms with Gasteiger partial charge in [0.1, 0.15) is 6.04 Å². The van der Waals surface area contributed by atoms with Gasteiger partial charge in [-0.3, -0.25) is 4.79 Å². The zero-order chi connectivity index (χ0) is 13.5. The van der Waals surface area contributed by atoms with Crippen LogP contribution in [0.15, 0.2) is 0 Å². The summed E-state index contributed by atoms with van der Waals surface area (Å²) in [4.78, 5) is 22.9. The van der Waals surface area contributed by atoms with Crippen LogP contribution in [0.2, 0.25) is 0 Å². The summed E-state index contributed by atoms with van der Waals surface area (Å²) >= 11 is 0. The average Bonchev–Trinajstić information content (AvgIpc) is 2.31. The maximum absolute atomic E-state index is 12.1. The molecule has 3 atom stereocenters. The van der Waals surface area contributed by atoms with Crippen LogP contribution in [0.4, 0.5) is 4.79 Å². The fourth-order valence-corrected chi connectivity index (χ4v) is 2.25. The van der Waals surface area contributed by atoms with Crippen molar-refractivity contribution in [2.45, 2.75) is 57.7 Å². The standard InChI is InChI=1S/C12H24N4O2.ClH/c1-3-5-10(16-12(13)18)11(17)15-9-6-4-7-14-8(9)2;/h8-10,14H,3-7H2,1-2H3,(H,15,17)(H3,13,16,18);1H/t8?,9?,10-;/m1./s1. The Balaban J connectivity index is 0.00000324. The van der Waals surface area contributed by atoms with E-state index >= 15 is 0 Å². The first kappa shape index (κ1) is 18.0. The highest BCUT2D eigenvalue weighted by Crippen LogP contribution is 2.09. The van der Waals surface area contributed by atoms with Gasteiger partial charge < -0.3 is 21.7 Å². The predicted octanol–water partition coefficient (Wildman–Crippen LogP) is 0.502. The van der Waals surface area contributed by atoms with Crippen LogP contribution in [0.3, 0.4) is 0 Å². The van der Waals surface area contributed by atoms with Gasteiger partial charge in [0.05, 0.1) is 0 Å². The first-order chi connectivity index (χ1) is 8.54. The number of nitrogens with two attached hydrogens (primary N) is 1. The Labute approximate surface area is 120 Å². The number of primary amides is 1. The molecular weight excluding hydrogens is 268 g/mol. The lowest BCUT2D eigenvalue weighted by Gasteiger charge is -2.31. The summed E-state index contributed by atoms with van der Waals surface area (Å²) in [5, 5.41) is 8.80. The molecular formula is C12H25ClN4O2. The highest BCUT2D eigenvalue weighted by atomic mass is 35.5. The molecule has 0 aromatic rings. The molecule has 0 aromatic heterocycles. The van der Waals surface area contributed by atoms with Crippen molar-refractivity contribution in [2.75, 3.05) is 6.54 Å². The molecule has 1 saturated heterocycles. The maximum Gasteiger partial charge on any atom is 0.312 e. The van der Waals surface area contributed by atoms with Gasteiger partial charge in [-0.1, -0.05) is 13.3 Å². The zero-order valence-corrected chi connectivity index (χ0v) is 12.4. The molecule has 1 heterocycles. The van der Waals surface area contributed by atoms with E-state index in [2.05, 4.69) is 22.9 Å². The molecule has 0 bridgehead atoms. The minimum atomic E-state index is -0.654. The van der Waals surface area contributed by atoms with Gasteiger partial charge in [0, 0.05) is 12.1 Å². The fourth-order valence-electron chi connectivity index (χ4n) is 2.25. The van der Waals surface area contributed by atoms with Gasteiger partial charge in [-0.25, -0.2) is 4.79 Å². The first-order valence-electron chi connectivity index (χ1n) is 6.64. The first-order valence-corrected chi connectivity index (χ1v) is 6.64. The lowest BCUT2D eigenvalue weighted by molar-refractivity contribution is -0.124. The molecule has 0 spiro atoms. The van der Waals surface area contributed by atoms with E-state index in [0.29, 0.717) is 6.42 Å². The summed E-state index contributed by atoms with van der Waals surface area (Å²) in [6, 6.07) is -0.793. The number of hydrogen-bond donors (Lipinski definition) is 4. The normalized spacial score (nSPS) is 23.9. The number of rotatable bonds is 5. The minimum Gasteiger partial charge on any atom is -0.352 e. The third kappa shape index (κ3) is 6.11. The van der Waals surface area contributed by atoms with Gasteiger partial charge >= 0.3 is 6.03 Å². The Morgan fingerprint density at radius 2 is 2.16 bits per heavy atom. The molecule has 1 rings (SSSR count). The van der Waals surface area contributed by atoms with E-state index in [0.717, 1.165) is 25.8 Å². The SMILES string of the molecule is CCC[C@@H](NC(N)=O)C(=O)NC1CCCNC1C.Cl. The number of nitrogens with one attached hydrogen (secondary N) is 3. The monoisotopic (exact) mass is 292 g/mol. The third-order valence-corrected chi connectivity index (χ3v) is 3.30. The van der Waals surface area contributed by atoms with Crippen molar-refractivity contribution in [3.05, 3.63) is 0 Å². The lowest BCUT2D eigenvalue weighted by atomic mass is 9.99. The van der Waals surface area contributed by atoms with E-state index in [1.807, 2.05) is 6.92 Å².